The first kappa shape index (κ1) is 15.9. The van der Waals surface area contributed by atoms with Crippen LogP contribution in [0.15, 0.2) is 11.6 Å². The Balaban J connectivity index is -0.0000000800. The highest BCUT2D eigenvalue weighted by Crippen LogP contribution is 1.82. The van der Waals surface area contributed by atoms with Gasteiger partial charge >= 0.3 is 0 Å². The fourth-order valence-corrected chi connectivity index (χ4v) is 0. The van der Waals surface area contributed by atoms with E-state index in [1.165, 1.54) is 5.57 Å². The van der Waals surface area contributed by atoms with E-state index in [2.05, 4.69) is 19.9 Å². The summed E-state index contributed by atoms with van der Waals surface area (Å²) in [5, 5.41) is 0. The van der Waals surface area contributed by atoms with Crippen molar-refractivity contribution in [2.75, 3.05) is 0 Å². The van der Waals surface area contributed by atoms with Gasteiger partial charge in [0.25, 0.3) is 0 Å². The number of allylic oxidation sites excluding steroid dienone is 2. The Labute approximate surface area is 48.3 Å². The largest absolute Gasteiger partial charge is 0.0890 e. The first-order valence-electron chi connectivity index (χ1n) is 1.87. The minimum absolute atomic E-state index is 0. The monoisotopic (exact) mass is 102 g/mol. The molecule has 0 saturated carbocycles. The third-order valence-electron chi connectivity index (χ3n) is 0.577. The molecule has 0 radical (unpaired) electrons. The Morgan fingerprint density at radius 2 is 1.29 bits per heavy atom. The third-order valence-corrected chi connectivity index (χ3v) is 0.577. The Morgan fingerprint density at radius 1 is 1.14 bits per heavy atom. The summed E-state index contributed by atoms with van der Waals surface area (Å²) in [5.74, 6) is 0. The van der Waals surface area contributed by atoms with Crippen LogP contribution >= 0.6 is 0 Å². The molecular formula is C7H18. The maximum atomic E-state index is 2.08. The lowest BCUT2D eigenvalue weighted by Crippen LogP contribution is -1.52. The van der Waals surface area contributed by atoms with Gasteiger partial charge < -0.3 is 0 Å². The van der Waals surface area contributed by atoms with E-state index >= 15 is 0 Å². The fourth-order valence-electron chi connectivity index (χ4n) is 0. The van der Waals surface area contributed by atoms with Gasteiger partial charge in [0.1, 0.15) is 0 Å². The van der Waals surface area contributed by atoms with Gasteiger partial charge in [0.15, 0.2) is 0 Å². The molecule has 0 aliphatic heterocycles. The van der Waals surface area contributed by atoms with Crippen LogP contribution in [0.25, 0.3) is 0 Å². The summed E-state index contributed by atoms with van der Waals surface area (Å²) in [4.78, 5) is 0. The van der Waals surface area contributed by atoms with E-state index < -0.39 is 0 Å². The van der Waals surface area contributed by atoms with Crippen LogP contribution in [0.2, 0.25) is 0 Å². The van der Waals surface area contributed by atoms with Gasteiger partial charge in [-0.2, -0.15) is 0 Å². The Morgan fingerprint density at radius 3 is 1.29 bits per heavy atom. The standard InChI is InChI=1S/C5H10.2CH4/c1-4-5(2)3;;/h4H,1-3H3;2*1H4. The smallest absolute Gasteiger partial charge is 0.0442 e. The van der Waals surface area contributed by atoms with Gasteiger partial charge in [-0.15, -0.1) is 0 Å². The van der Waals surface area contributed by atoms with Crippen molar-refractivity contribution in [2.45, 2.75) is 35.6 Å². The van der Waals surface area contributed by atoms with Gasteiger partial charge in [0, 0.05) is 0 Å². The van der Waals surface area contributed by atoms with Crippen molar-refractivity contribution in [1.82, 2.24) is 0 Å². The second-order valence-corrected chi connectivity index (χ2v) is 1.37. The Kier molecular flexibility index (Phi) is 20.9. The van der Waals surface area contributed by atoms with Crippen molar-refractivity contribution in [3.8, 4) is 0 Å². The van der Waals surface area contributed by atoms with Crippen molar-refractivity contribution in [2.24, 2.45) is 0 Å². The molecule has 0 bridgehead atoms. The first-order valence-corrected chi connectivity index (χ1v) is 1.87. The summed E-state index contributed by atoms with van der Waals surface area (Å²) in [6.07, 6.45) is 2.08. The van der Waals surface area contributed by atoms with Crippen LogP contribution in [-0.2, 0) is 0 Å². The summed E-state index contributed by atoms with van der Waals surface area (Å²) >= 11 is 0. The van der Waals surface area contributed by atoms with Crippen LogP contribution in [0.3, 0.4) is 0 Å². The van der Waals surface area contributed by atoms with Gasteiger partial charge in [-0.1, -0.05) is 26.5 Å². The molecule has 0 saturated heterocycles. The molecular weight excluding hydrogens is 84.1 g/mol. The molecule has 0 aromatic carbocycles. The predicted molar refractivity (Wildman–Crippen MR) is 38.6 cm³/mol. The molecule has 7 heavy (non-hydrogen) atoms. The maximum absolute atomic E-state index is 2.08. The van der Waals surface area contributed by atoms with E-state index in [9.17, 15) is 0 Å². The summed E-state index contributed by atoms with van der Waals surface area (Å²) in [6, 6.07) is 0. The molecule has 0 amide bonds. The van der Waals surface area contributed by atoms with Crippen LogP contribution in [0.4, 0.5) is 0 Å². The van der Waals surface area contributed by atoms with Gasteiger partial charge in [-0.3, -0.25) is 0 Å². The molecule has 0 aromatic rings. The molecule has 0 aliphatic carbocycles. The lowest BCUT2D eigenvalue weighted by molar-refractivity contribution is 1.36. The normalized spacial score (nSPS) is 5.00. The van der Waals surface area contributed by atoms with E-state index in [0.29, 0.717) is 0 Å². The fraction of sp³-hybridized carbons (Fsp3) is 0.714. The SMILES string of the molecule is C.C.CC=C(C)C. The Bertz CT molecular complexity index is 38.0. The summed E-state index contributed by atoms with van der Waals surface area (Å²) in [7, 11) is 0. The zero-order valence-corrected chi connectivity index (χ0v) is 4.08. The minimum atomic E-state index is 0. The molecule has 0 rings (SSSR count). The lowest BCUT2D eigenvalue weighted by Gasteiger charge is -1.74. The molecule has 0 heteroatoms. The first-order chi connectivity index (χ1) is 2.27. The van der Waals surface area contributed by atoms with Crippen molar-refractivity contribution in [1.29, 1.82) is 0 Å². The number of hydrogen-bond donors (Lipinski definition) is 0. The molecule has 0 nitrogen and oxygen atoms in total. The second-order valence-electron chi connectivity index (χ2n) is 1.37. The van der Waals surface area contributed by atoms with Gasteiger partial charge in [0.2, 0.25) is 0 Å². The third kappa shape index (κ3) is 26.5. The molecule has 0 N–H and O–H groups in total. The number of hydrogen-bond acceptors (Lipinski definition) is 0. The average Bonchev–Trinajstić information content (AvgIpc) is 1.38. The van der Waals surface area contributed by atoms with Crippen LogP contribution in [0, 0.1) is 0 Å². The summed E-state index contributed by atoms with van der Waals surface area (Å²) < 4.78 is 0. The van der Waals surface area contributed by atoms with Crippen LogP contribution in [0.5, 0.6) is 0 Å². The quantitative estimate of drug-likeness (QED) is 0.412. The Hall–Kier alpha value is -0.260. The van der Waals surface area contributed by atoms with Gasteiger partial charge in [-0.25, -0.2) is 0 Å². The van der Waals surface area contributed by atoms with Gasteiger partial charge in [0.05, 0.1) is 0 Å². The molecule has 46 valence electrons. The van der Waals surface area contributed by atoms with Crippen molar-refractivity contribution in [3.63, 3.8) is 0 Å². The van der Waals surface area contributed by atoms with Crippen molar-refractivity contribution >= 4 is 0 Å². The van der Waals surface area contributed by atoms with Crippen LogP contribution in [0.1, 0.15) is 35.6 Å². The molecule has 0 aliphatic rings. The van der Waals surface area contributed by atoms with E-state index in [0.717, 1.165) is 0 Å². The highest BCUT2D eigenvalue weighted by molar-refractivity contribution is 4.88. The molecule has 0 fully saturated rings. The molecule has 0 unspecified atom stereocenters. The minimum Gasteiger partial charge on any atom is -0.0890 e. The van der Waals surface area contributed by atoms with Crippen LogP contribution < -0.4 is 0 Å². The van der Waals surface area contributed by atoms with E-state index in [4.69, 9.17) is 0 Å². The van der Waals surface area contributed by atoms with Gasteiger partial charge in [-0.05, 0) is 20.8 Å². The van der Waals surface area contributed by atoms with E-state index in [1.54, 1.807) is 0 Å². The number of rotatable bonds is 0. The second kappa shape index (κ2) is 9.22. The van der Waals surface area contributed by atoms with Crippen molar-refractivity contribution in [3.05, 3.63) is 11.6 Å². The molecule has 0 aromatic heterocycles. The van der Waals surface area contributed by atoms with E-state index in [-0.39, 0.29) is 14.9 Å². The average molecular weight is 102 g/mol. The molecule has 0 heterocycles. The highest BCUT2D eigenvalue weighted by atomic mass is 13.7. The predicted octanol–water partition coefficient (Wildman–Crippen LogP) is 3.24. The molecule has 0 spiro atoms. The van der Waals surface area contributed by atoms with E-state index in [1.807, 2.05) is 6.92 Å². The maximum Gasteiger partial charge on any atom is -0.0442 e. The zero-order chi connectivity index (χ0) is 4.28. The zero-order valence-electron chi connectivity index (χ0n) is 4.08. The topological polar surface area (TPSA) is 0 Å². The highest BCUT2D eigenvalue weighted by Gasteiger charge is 1.60. The summed E-state index contributed by atoms with van der Waals surface area (Å²) in [6.45, 7) is 6.20. The lowest BCUT2D eigenvalue weighted by atomic mass is 10.3. The molecule has 0 atom stereocenters. The summed E-state index contributed by atoms with van der Waals surface area (Å²) in [5.41, 5.74) is 1.38. The van der Waals surface area contributed by atoms with Crippen molar-refractivity contribution < 1.29 is 0 Å². The van der Waals surface area contributed by atoms with Crippen LogP contribution in [-0.4, -0.2) is 0 Å².